The SMILES string of the molecule is NC(=S)C1CCN(C(=O)Cc2cccc(Cl)c2)CC1. The Kier molecular flexibility index (Phi) is 4.77. The van der Waals surface area contributed by atoms with Crippen LogP contribution in [0, 0.1) is 5.92 Å². The van der Waals surface area contributed by atoms with Gasteiger partial charge in [0.25, 0.3) is 0 Å². The van der Waals surface area contributed by atoms with E-state index in [0.29, 0.717) is 16.4 Å². The summed E-state index contributed by atoms with van der Waals surface area (Å²) in [6, 6.07) is 7.43. The molecule has 1 aliphatic heterocycles. The second kappa shape index (κ2) is 6.35. The molecule has 0 bridgehead atoms. The molecule has 5 heteroatoms. The van der Waals surface area contributed by atoms with Gasteiger partial charge in [0.2, 0.25) is 5.91 Å². The van der Waals surface area contributed by atoms with Gasteiger partial charge >= 0.3 is 0 Å². The zero-order chi connectivity index (χ0) is 13.8. The average Bonchev–Trinajstić information content (AvgIpc) is 2.39. The molecule has 0 atom stereocenters. The van der Waals surface area contributed by atoms with Crippen LogP contribution in [0.25, 0.3) is 0 Å². The quantitative estimate of drug-likeness (QED) is 0.871. The summed E-state index contributed by atoms with van der Waals surface area (Å²) in [7, 11) is 0. The molecule has 1 aromatic rings. The fraction of sp³-hybridized carbons (Fsp3) is 0.429. The second-order valence-corrected chi connectivity index (χ2v) is 5.77. The summed E-state index contributed by atoms with van der Waals surface area (Å²) in [5.41, 5.74) is 6.60. The van der Waals surface area contributed by atoms with Crippen LogP contribution in [0.2, 0.25) is 5.02 Å². The Morgan fingerprint density at radius 2 is 2.11 bits per heavy atom. The van der Waals surface area contributed by atoms with E-state index in [0.717, 1.165) is 31.5 Å². The van der Waals surface area contributed by atoms with Gasteiger partial charge in [-0.25, -0.2) is 0 Å². The lowest BCUT2D eigenvalue weighted by Crippen LogP contribution is -2.41. The number of nitrogens with zero attached hydrogens (tertiary/aromatic N) is 1. The highest BCUT2D eigenvalue weighted by Gasteiger charge is 2.24. The van der Waals surface area contributed by atoms with Crippen LogP contribution < -0.4 is 5.73 Å². The van der Waals surface area contributed by atoms with Gasteiger partial charge in [-0.3, -0.25) is 4.79 Å². The van der Waals surface area contributed by atoms with E-state index in [9.17, 15) is 4.79 Å². The smallest absolute Gasteiger partial charge is 0.226 e. The number of carbonyl (C=O) groups excluding carboxylic acids is 1. The lowest BCUT2D eigenvalue weighted by Gasteiger charge is -2.31. The van der Waals surface area contributed by atoms with Crippen molar-refractivity contribution in [1.82, 2.24) is 4.90 Å². The Morgan fingerprint density at radius 3 is 2.68 bits per heavy atom. The summed E-state index contributed by atoms with van der Waals surface area (Å²) in [4.78, 5) is 14.6. The van der Waals surface area contributed by atoms with Crippen molar-refractivity contribution in [1.29, 1.82) is 0 Å². The number of carbonyl (C=O) groups is 1. The first-order valence-electron chi connectivity index (χ1n) is 6.38. The molecular formula is C14H17ClN2OS. The van der Waals surface area contributed by atoms with E-state index < -0.39 is 0 Å². The van der Waals surface area contributed by atoms with Gasteiger partial charge in [-0.2, -0.15) is 0 Å². The van der Waals surface area contributed by atoms with E-state index in [-0.39, 0.29) is 11.8 Å². The molecule has 1 amide bonds. The van der Waals surface area contributed by atoms with Crippen molar-refractivity contribution in [2.75, 3.05) is 13.1 Å². The van der Waals surface area contributed by atoms with Crippen LogP contribution in [-0.2, 0) is 11.2 Å². The molecule has 1 saturated heterocycles. The van der Waals surface area contributed by atoms with Crippen LogP contribution in [-0.4, -0.2) is 28.9 Å². The van der Waals surface area contributed by atoms with Gasteiger partial charge in [0.05, 0.1) is 11.4 Å². The summed E-state index contributed by atoms with van der Waals surface area (Å²) >= 11 is 10.9. The lowest BCUT2D eigenvalue weighted by molar-refractivity contribution is -0.131. The summed E-state index contributed by atoms with van der Waals surface area (Å²) in [6.45, 7) is 1.48. The predicted molar refractivity (Wildman–Crippen MR) is 81.2 cm³/mol. The van der Waals surface area contributed by atoms with Crippen LogP contribution in [0.4, 0.5) is 0 Å². The third kappa shape index (κ3) is 3.91. The highest BCUT2D eigenvalue weighted by molar-refractivity contribution is 7.80. The Morgan fingerprint density at radius 1 is 1.42 bits per heavy atom. The van der Waals surface area contributed by atoms with Gasteiger partial charge in [0.1, 0.15) is 0 Å². The van der Waals surface area contributed by atoms with Gasteiger partial charge in [-0.05, 0) is 30.5 Å². The number of nitrogens with two attached hydrogens (primary N) is 1. The standard InChI is InChI=1S/C14H17ClN2OS/c15-12-3-1-2-10(8-12)9-13(18)17-6-4-11(5-7-17)14(16)19/h1-3,8,11H,4-7,9H2,(H2,16,19). The molecule has 0 aromatic heterocycles. The van der Waals surface area contributed by atoms with Crippen molar-refractivity contribution in [3.63, 3.8) is 0 Å². The van der Waals surface area contributed by atoms with Gasteiger partial charge in [-0.1, -0.05) is 36.0 Å². The average molecular weight is 297 g/mol. The molecule has 0 spiro atoms. The Balaban J connectivity index is 1.90. The highest BCUT2D eigenvalue weighted by Crippen LogP contribution is 2.19. The van der Waals surface area contributed by atoms with Crippen molar-refractivity contribution in [2.24, 2.45) is 11.7 Å². The van der Waals surface area contributed by atoms with Crippen LogP contribution >= 0.6 is 23.8 Å². The van der Waals surface area contributed by atoms with E-state index in [1.807, 2.05) is 29.2 Å². The number of rotatable bonds is 3. The Hall–Kier alpha value is -1.13. The number of halogens is 1. The number of amides is 1. The van der Waals surface area contributed by atoms with E-state index in [2.05, 4.69) is 0 Å². The number of hydrogen-bond donors (Lipinski definition) is 1. The number of hydrogen-bond acceptors (Lipinski definition) is 2. The number of thiocarbonyl (C=S) groups is 1. The molecule has 0 saturated carbocycles. The minimum atomic E-state index is 0.142. The van der Waals surface area contributed by atoms with Crippen molar-refractivity contribution < 1.29 is 4.79 Å². The van der Waals surface area contributed by atoms with Crippen LogP contribution in [0.3, 0.4) is 0 Å². The monoisotopic (exact) mass is 296 g/mol. The van der Waals surface area contributed by atoms with E-state index in [1.54, 1.807) is 0 Å². The van der Waals surface area contributed by atoms with Gasteiger partial charge < -0.3 is 10.6 Å². The number of benzene rings is 1. The van der Waals surface area contributed by atoms with Gasteiger partial charge in [-0.15, -0.1) is 0 Å². The molecule has 0 radical (unpaired) electrons. The number of piperidine rings is 1. The van der Waals surface area contributed by atoms with E-state index in [1.165, 1.54) is 0 Å². The van der Waals surface area contributed by atoms with E-state index >= 15 is 0 Å². The zero-order valence-electron chi connectivity index (χ0n) is 10.6. The maximum atomic E-state index is 12.2. The second-order valence-electron chi connectivity index (χ2n) is 4.86. The molecule has 1 heterocycles. The summed E-state index contributed by atoms with van der Waals surface area (Å²) in [6.07, 6.45) is 2.14. The Bertz CT molecular complexity index is 484. The zero-order valence-corrected chi connectivity index (χ0v) is 12.2. The normalized spacial score (nSPS) is 16.4. The van der Waals surface area contributed by atoms with Crippen molar-refractivity contribution in [3.8, 4) is 0 Å². The first-order valence-corrected chi connectivity index (χ1v) is 7.16. The molecule has 0 unspecified atom stereocenters. The minimum absolute atomic E-state index is 0.142. The molecule has 1 aromatic carbocycles. The van der Waals surface area contributed by atoms with Crippen LogP contribution in [0.15, 0.2) is 24.3 Å². The molecule has 1 aliphatic rings. The molecule has 0 aliphatic carbocycles. The minimum Gasteiger partial charge on any atom is -0.393 e. The van der Waals surface area contributed by atoms with Gasteiger partial charge in [0.15, 0.2) is 0 Å². The summed E-state index contributed by atoms with van der Waals surface area (Å²) in [5.74, 6) is 0.425. The molecule has 2 rings (SSSR count). The third-order valence-corrected chi connectivity index (χ3v) is 4.06. The van der Waals surface area contributed by atoms with E-state index in [4.69, 9.17) is 29.6 Å². The topological polar surface area (TPSA) is 46.3 Å². The number of likely N-dealkylation sites (tertiary alicyclic amines) is 1. The fourth-order valence-corrected chi connectivity index (χ4v) is 2.80. The molecular weight excluding hydrogens is 280 g/mol. The third-order valence-electron chi connectivity index (χ3n) is 3.49. The largest absolute Gasteiger partial charge is 0.393 e. The maximum absolute atomic E-state index is 12.2. The predicted octanol–water partition coefficient (Wildman–Crippen LogP) is 2.41. The molecule has 1 fully saturated rings. The first-order chi connectivity index (χ1) is 9.06. The molecule has 3 nitrogen and oxygen atoms in total. The molecule has 19 heavy (non-hydrogen) atoms. The highest BCUT2D eigenvalue weighted by atomic mass is 35.5. The lowest BCUT2D eigenvalue weighted by atomic mass is 9.96. The van der Waals surface area contributed by atoms with Crippen molar-refractivity contribution in [2.45, 2.75) is 19.3 Å². The van der Waals surface area contributed by atoms with Crippen molar-refractivity contribution in [3.05, 3.63) is 34.9 Å². The van der Waals surface area contributed by atoms with Crippen molar-refractivity contribution >= 4 is 34.7 Å². The van der Waals surface area contributed by atoms with Gasteiger partial charge in [0, 0.05) is 24.0 Å². The van der Waals surface area contributed by atoms with Crippen LogP contribution in [0.5, 0.6) is 0 Å². The molecule has 102 valence electrons. The summed E-state index contributed by atoms with van der Waals surface area (Å²) in [5, 5.41) is 0.664. The first kappa shape index (κ1) is 14.3. The van der Waals surface area contributed by atoms with Crippen LogP contribution in [0.1, 0.15) is 18.4 Å². The maximum Gasteiger partial charge on any atom is 0.226 e. The molecule has 2 N–H and O–H groups in total. The Labute approximate surface area is 123 Å². The fourth-order valence-electron chi connectivity index (χ4n) is 2.35. The summed E-state index contributed by atoms with van der Waals surface area (Å²) < 4.78 is 0.